The predicted octanol–water partition coefficient (Wildman–Crippen LogP) is 5.04. The van der Waals surface area contributed by atoms with Gasteiger partial charge in [-0.1, -0.05) is 66.4 Å². The van der Waals surface area contributed by atoms with E-state index in [0.29, 0.717) is 21.9 Å². The summed E-state index contributed by atoms with van der Waals surface area (Å²) in [5, 5.41) is 3.36. The average Bonchev–Trinajstić information content (AvgIpc) is 3.20. The van der Waals surface area contributed by atoms with E-state index in [4.69, 9.17) is 0 Å². The molecule has 0 aliphatic carbocycles. The molecule has 7 heteroatoms. The smallest absolute Gasteiger partial charge is 0.272 e. The molecule has 5 nitrogen and oxygen atoms in total. The van der Waals surface area contributed by atoms with Crippen LogP contribution in [0.3, 0.4) is 0 Å². The van der Waals surface area contributed by atoms with Crippen molar-refractivity contribution >= 4 is 44.9 Å². The van der Waals surface area contributed by atoms with Gasteiger partial charge in [0.05, 0.1) is 11.3 Å². The number of nitrogens with one attached hydrogen (secondary N) is 1. The van der Waals surface area contributed by atoms with Crippen LogP contribution in [0.4, 0.5) is 5.69 Å². The molecule has 0 aliphatic heterocycles. The standard InChI is InChI=1S/C23H19N3O2S2/c1-2-13-26-22(28)21-18(14-19(30-21)16-9-5-3-6-10-16)25-23(26)29-15-20(27)24-17-11-7-4-8-12-17/h2-12,14H,1,13,15H2,(H,24,27). The Morgan fingerprint density at radius 1 is 1.13 bits per heavy atom. The summed E-state index contributed by atoms with van der Waals surface area (Å²) < 4.78 is 2.18. The van der Waals surface area contributed by atoms with Crippen molar-refractivity contribution in [3.05, 3.63) is 89.7 Å². The van der Waals surface area contributed by atoms with Crippen LogP contribution >= 0.6 is 23.1 Å². The second-order valence-corrected chi connectivity index (χ2v) is 8.49. The number of nitrogens with zero attached hydrogens (tertiary/aromatic N) is 2. The molecule has 0 atom stereocenters. The van der Waals surface area contributed by atoms with Gasteiger partial charge in [-0.05, 0) is 23.8 Å². The predicted molar refractivity (Wildman–Crippen MR) is 125 cm³/mol. The molecule has 0 fully saturated rings. The number of carbonyl (C=O) groups excluding carboxylic acids is 1. The first-order chi connectivity index (χ1) is 14.7. The van der Waals surface area contributed by atoms with E-state index < -0.39 is 0 Å². The van der Waals surface area contributed by atoms with Gasteiger partial charge in [0, 0.05) is 17.1 Å². The molecule has 0 unspecified atom stereocenters. The SMILES string of the molecule is C=CCn1c(SCC(=O)Nc2ccccc2)nc2cc(-c3ccccc3)sc2c1=O. The fourth-order valence-corrected chi connectivity index (χ4v) is 4.84. The van der Waals surface area contributed by atoms with E-state index in [2.05, 4.69) is 16.9 Å². The number of rotatable bonds is 7. The number of hydrogen-bond donors (Lipinski definition) is 1. The fourth-order valence-electron chi connectivity index (χ4n) is 2.98. The molecule has 2 heterocycles. The fraction of sp³-hybridized carbons (Fsp3) is 0.0870. The molecule has 4 aromatic rings. The van der Waals surface area contributed by atoms with E-state index in [-0.39, 0.29) is 17.2 Å². The number of amides is 1. The Morgan fingerprint density at radius 3 is 2.53 bits per heavy atom. The van der Waals surface area contributed by atoms with Crippen LogP contribution in [-0.4, -0.2) is 21.2 Å². The minimum atomic E-state index is -0.152. The first-order valence-electron chi connectivity index (χ1n) is 9.34. The van der Waals surface area contributed by atoms with E-state index in [1.807, 2.05) is 66.7 Å². The van der Waals surface area contributed by atoms with Gasteiger partial charge in [0.25, 0.3) is 5.56 Å². The number of thiophene rings is 1. The van der Waals surface area contributed by atoms with E-state index in [1.165, 1.54) is 23.1 Å². The molecule has 30 heavy (non-hydrogen) atoms. The van der Waals surface area contributed by atoms with Crippen LogP contribution < -0.4 is 10.9 Å². The maximum absolute atomic E-state index is 13.1. The molecule has 0 radical (unpaired) electrons. The normalized spacial score (nSPS) is 10.8. The van der Waals surface area contributed by atoms with Gasteiger partial charge < -0.3 is 5.32 Å². The lowest BCUT2D eigenvalue weighted by atomic mass is 10.2. The molecule has 0 bridgehead atoms. The number of aromatic nitrogens is 2. The first-order valence-corrected chi connectivity index (χ1v) is 11.1. The molecule has 0 saturated heterocycles. The number of benzene rings is 2. The van der Waals surface area contributed by atoms with Crippen molar-refractivity contribution in [2.75, 3.05) is 11.1 Å². The highest BCUT2D eigenvalue weighted by Gasteiger charge is 2.16. The van der Waals surface area contributed by atoms with Gasteiger partial charge in [-0.15, -0.1) is 17.9 Å². The molecule has 1 amide bonds. The Hall–Kier alpha value is -3.16. The minimum absolute atomic E-state index is 0.113. The van der Waals surface area contributed by atoms with Gasteiger partial charge in [-0.2, -0.15) is 0 Å². The maximum Gasteiger partial charge on any atom is 0.272 e. The summed E-state index contributed by atoms with van der Waals surface area (Å²) in [6.07, 6.45) is 1.66. The highest BCUT2D eigenvalue weighted by Crippen LogP contribution is 2.32. The number of fused-ring (bicyclic) bond motifs is 1. The van der Waals surface area contributed by atoms with Crippen molar-refractivity contribution in [1.82, 2.24) is 9.55 Å². The van der Waals surface area contributed by atoms with E-state index >= 15 is 0 Å². The maximum atomic E-state index is 13.1. The Kier molecular flexibility index (Phi) is 6.11. The molecule has 0 saturated carbocycles. The molecule has 150 valence electrons. The lowest BCUT2D eigenvalue weighted by molar-refractivity contribution is -0.113. The molecule has 2 aromatic heterocycles. The lowest BCUT2D eigenvalue weighted by Gasteiger charge is -2.10. The summed E-state index contributed by atoms with van der Waals surface area (Å²) >= 11 is 2.68. The van der Waals surface area contributed by atoms with Gasteiger partial charge >= 0.3 is 0 Å². The third-order valence-corrected chi connectivity index (χ3v) is 6.50. The van der Waals surface area contributed by atoms with Crippen LogP contribution in [-0.2, 0) is 11.3 Å². The van der Waals surface area contributed by atoms with Gasteiger partial charge in [0.2, 0.25) is 5.91 Å². The molecular weight excluding hydrogens is 414 g/mol. The highest BCUT2D eigenvalue weighted by molar-refractivity contribution is 7.99. The van der Waals surface area contributed by atoms with Crippen molar-refractivity contribution in [2.24, 2.45) is 0 Å². The van der Waals surface area contributed by atoms with Crippen LogP contribution in [0.1, 0.15) is 0 Å². The summed E-state index contributed by atoms with van der Waals surface area (Å²) in [5.41, 5.74) is 2.32. The van der Waals surface area contributed by atoms with Crippen LogP contribution in [0.5, 0.6) is 0 Å². The number of para-hydroxylation sites is 1. The molecular formula is C23H19N3O2S2. The largest absolute Gasteiger partial charge is 0.325 e. The summed E-state index contributed by atoms with van der Waals surface area (Å²) in [5.74, 6) is 0.000585. The van der Waals surface area contributed by atoms with Crippen LogP contribution in [0.2, 0.25) is 0 Å². The Balaban J connectivity index is 1.63. The zero-order valence-corrected chi connectivity index (χ0v) is 17.7. The average molecular weight is 434 g/mol. The van der Waals surface area contributed by atoms with Crippen LogP contribution in [0, 0.1) is 0 Å². The zero-order valence-electron chi connectivity index (χ0n) is 16.1. The second kappa shape index (κ2) is 9.11. The number of allylic oxidation sites excluding steroid dienone is 1. The summed E-state index contributed by atoms with van der Waals surface area (Å²) in [6.45, 7) is 4.09. The lowest BCUT2D eigenvalue weighted by Crippen LogP contribution is -2.23. The van der Waals surface area contributed by atoms with Crippen LogP contribution in [0.15, 0.2) is 89.3 Å². The van der Waals surface area contributed by atoms with Crippen molar-refractivity contribution in [3.63, 3.8) is 0 Å². The molecule has 0 spiro atoms. The van der Waals surface area contributed by atoms with Crippen molar-refractivity contribution in [2.45, 2.75) is 11.7 Å². The zero-order chi connectivity index (χ0) is 20.9. The number of carbonyl (C=O) groups is 1. The number of anilines is 1. The van der Waals surface area contributed by atoms with E-state index in [1.54, 1.807) is 10.6 Å². The van der Waals surface area contributed by atoms with E-state index in [9.17, 15) is 9.59 Å². The van der Waals surface area contributed by atoms with Crippen molar-refractivity contribution < 1.29 is 4.79 Å². The third-order valence-electron chi connectivity index (χ3n) is 4.36. The Bertz CT molecular complexity index is 1250. The first kappa shape index (κ1) is 20.1. The van der Waals surface area contributed by atoms with Crippen molar-refractivity contribution in [1.29, 1.82) is 0 Å². The van der Waals surface area contributed by atoms with E-state index in [0.717, 1.165) is 16.1 Å². The quantitative estimate of drug-likeness (QED) is 0.252. The molecule has 0 aliphatic rings. The highest BCUT2D eigenvalue weighted by atomic mass is 32.2. The van der Waals surface area contributed by atoms with Gasteiger partial charge in [-0.3, -0.25) is 14.2 Å². The second-order valence-electron chi connectivity index (χ2n) is 6.49. The molecule has 1 N–H and O–H groups in total. The topological polar surface area (TPSA) is 64.0 Å². The summed E-state index contributed by atoms with van der Waals surface area (Å²) in [7, 11) is 0. The van der Waals surface area contributed by atoms with Crippen LogP contribution in [0.25, 0.3) is 20.7 Å². The van der Waals surface area contributed by atoms with Crippen molar-refractivity contribution in [3.8, 4) is 10.4 Å². The monoisotopic (exact) mass is 433 g/mol. The Morgan fingerprint density at radius 2 is 1.83 bits per heavy atom. The number of hydrogen-bond acceptors (Lipinski definition) is 5. The van der Waals surface area contributed by atoms with Gasteiger partial charge in [0.15, 0.2) is 5.16 Å². The Labute approximate surface area is 182 Å². The van der Waals surface area contributed by atoms with Gasteiger partial charge in [-0.25, -0.2) is 4.98 Å². The summed E-state index contributed by atoms with van der Waals surface area (Å²) in [4.78, 5) is 31.1. The third kappa shape index (κ3) is 4.37. The molecule has 4 rings (SSSR count). The minimum Gasteiger partial charge on any atom is -0.325 e. The van der Waals surface area contributed by atoms with Gasteiger partial charge in [0.1, 0.15) is 4.70 Å². The molecule has 2 aromatic carbocycles. The number of thioether (sulfide) groups is 1. The summed E-state index contributed by atoms with van der Waals surface area (Å²) in [6, 6.07) is 21.1.